The second kappa shape index (κ2) is 9.26. The number of anilines is 1. The fraction of sp³-hybridized carbons (Fsp3) is 0.500. The summed E-state index contributed by atoms with van der Waals surface area (Å²) in [5.41, 5.74) is 0. The van der Waals surface area contributed by atoms with Gasteiger partial charge in [-0.25, -0.2) is 4.98 Å². The predicted molar refractivity (Wildman–Crippen MR) is 102 cm³/mol. The van der Waals surface area contributed by atoms with Gasteiger partial charge < -0.3 is 14.6 Å². The summed E-state index contributed by atoms with van der Waals surface area (Å²) >= 11 is 2.78. The summed E-state index contributed by atoms with van der Waals surface area (Å²) in [7, 11) is 0. The Kier molecular flexibility index (Phi) is 6.78. The number of carbonyl (C=O) groups excluding carboxylic acids is 1. The Hall–Kier alpha value is -1.75. The number of rotatable bonds is 8. The molecule has 0 aromatic carbocycles. The molecule has 1 N–H and O–H groups in total. The van der Waals surface area contributed by atoms with Gasteiger partial charge in [0.05, 0.1) is 25.0 Å². The molecule has 0 spiro atoms. The van der Waals surface area contributed by atoms with Crippen molar-refractivity contribution in [2.75, 3.05) is 31.6 Å². The Bertz CT molecular complexity index is 727. The zero-order valence-electron chi connectivity index (χ0n) is 14.6. The van der Waals surface area contributed by atoms with Crippen LogP contribution in [0.4, 0.5) is 5.13 Å². The highest BCUT2D eigenvalue weighted by molar-refractivity contribution is 8.00. The lowest BCUT2D eigenvalue weighted by molar-refractivity contribution is -0.115. The topological polar surface area (TPSA) is 85.2 Å². The fourth-order valence-electron chi connectivity index (χ4n) is 2.50. The Labute approximate surface area is 160 Å². The Morgan fingerprint density at radius 1 is 1.50 bits per heavy atom. The highest BCUT2D eigenvalue weighted by atomic mass is 32.2. The quantitative estimate of drug-likeness (QED) is 0.540. The first-order valence-electron chi connectivity index (χ1n) is 8.37. The number of nitrogens with one attached hydrogen (secondary N) is 1. The van der Waals surface area contributed by atoms with E-state index in [1.807, 2.05) is 22.9 Å². The van der Waals surface area contributed by atoms with E-state index in [0.29, 0.717) is 18.2 Å². The van der Waals surface area contributed by atoms with Crippen LogP contribution in [0, 0.1) is 0 Å². The van der Waals surface area contributed by atoms with Crippen LogP contribution in [-0.2, 0) is 22.6 Å². The highest BCUT2D eigenvalue weighted by Crippen LogP contribution is 2.24. The number of hydrogen-bond donors (Lipinski definition) is 1. The third kappa shape index (κ3) is 4.91. The van der Waals surface area contributed by atoms with Crippen LogP contribution in [0.1, 0.15) is 12.7 Å². The molecule has 1 unspecified atom stereocenters. The maximum atomic E-state index is 12.3. The minimum absolute atomic E-state index is 0.104. The van der Waals surface area contributed by atoms with Crippen molar-refractivity contribution < 1.29 is 9.53 Å². The lowest BCUT2D eigenvalue weighted by Crippen LogP contribution is -2.36. The van der Waals surface area contributed by atoms with Gasteiger partial charge in [-0.1, -0.05) is 17.8 Å². The van der Waals surface area contributed by atoms with Crippen LogP contribution in [0.25, 0.3) is 0 Å². The molecule has 10 heteroatoms. The van der Waals surface area contributed by atoms with Crippen LogP contribution in [0.2, 0.25) is 0 Å². The largest absolute Gasteiger partial charge is 0.379 e. The molecular formula is C16H22N6O2S2. The number of aromatic nitrogens is 4. The number of hydrogen-bond acceptors (Lipinski definition) is 8. The van der Waals surface area contributed by atoms with Gasteiger partial charge in [0.15, 0.2) is 10.3 Å². The van der Waals surface area contributed by atoms with Gasteiger partial charge in [-0.2, -0.15) is 0 Å². The average molecular weight is 395 g/mol. The van der Waals surface area contributed by atoms with Gasteiger partial charge in [0, 0.05) is 31.2 Å². The molecule has 0 aliphatic carbocycles. The second-order valence-electron chi connectivity index (χ2n) is 5.77. The van der Waals surface area contributed by atoms with Gasteiger partial charge in [0.25, 0.3) is 0 Å². The number of carbonyl (C=O) groups is 1. The Morgan fingerprint density at radius 2 is 2.31 bits per heavy atom. The van der Waals surface area contributed by atoms with E-state index in [1.54, 1.807) is 6.20 Å². The monoisotopic (exact) mass is 394 g/mol. The van der Waals surface area contributed by atoms with Gasteiger partial charge >= 0.3 is 0 Å². The smallest absolute Gasteiger partial charge is 0.239 e. The lowest BCUT2D eigenvalue weighted by Gasteiger charge is -2.26. The van der Waals surface area contributed by atoms with Crippen molar-refractivity contribution in [2.24, 2.45) is 0 Å². The molecule has 3 rings (SSSR count). The number of thiazole rings is 1. The first kappa shape index (κ1) is 19.0. The van der Waals surface area contributed by atoms with Crippen molar-refractivity contribution in [3.63, 3.8) is 0 Å². The van der Waals surface area contributed by atoms with Crippen molar-refractivity contribution >= 4 is 34.1 Å². The van der Waals surface area contributed by atoms with E-state index in [0.717, 1.165) is 37.3 Å². The van der Waals surface area contributed by atoms with Gasteiger partial charge in [-0.05, 0) is 6.92 Å². The van der Waals surface area contributed by atoms with Crippen LogP contribution in [-0.4, -0.2) is 62.1 Å². The van der Waals surface area contributed by atoms with E-state index >= 15 is 0 Å². The molecule has 1 saturated heterocycles. The maximum absolute atomic E-state index is 12.3. The highest BCUT2D eigenvalue weighted by Gasteiger charge is 2.22. The predicted octanol–water partition coefficient (Wildman–Crippen LogP) is 1.87. The van der Waals surface area contributed by atoms with Crippen molar-refractivity contribution in [3.8, 4) is 0 Å². The van der Waals surface area contributed by atoms with Gasteiger partial charge in [0.1, 0.15) is 5.82 Å². The third-order valence-electron chi connectivity index (χ3n) is 3.89. The molecule has 8 nitrogen and oxygen atoms in total. The summed E-state index contributed by atoms with van der Waals surface area (Å²) in [5.74, 6) is 0.773. The molecule has 0 saturated carbocycles. The molecule has 0 bridgehead atoms. The molecule has 2 aromatic heterocycles. The standard InChI is InChI=1S/C16H22N6O2S2/c1-3-5-22-13(11-21-6-8-24-9-7-21)19-20-16(22)26-12(2)14(23)18-15-17-4-10-25-15/h3-4,10,12H,1,5-9,11H2,2H3,(H,17,18,23). The normalized spacial score (nSPS) is 16.3. The van der Waals surface area contributed by atoms with Crippen LogP contribution in [0.3, 0.4) is 0 Å². The fourth-order valence-corrected chi connectivity index (χ4v) is 3.91. The minimum atomic E-state index is -0.317. The van der Waals surface area contributed by atoms with Gasteiger partial charge in [-0.3, -0.25) is 9.69 Å². The summed E-state index contributed by atoms with van der Waals surface area (Å²) < 4.78 is 7.40. The van der Waals surface area contributed by atoms with Gasteiger partial charge in [0.2, 0.25) is 5.91 Å². The van der Waals surface area contributed by atoms with E-state index < -0.39 is 0 Å². The Morgan fingerprint density at radius 3 is 3.00 bits per heavy atom. The first-order valence-corrected chi connectivity index (χ1v) is 10.1. The molecule has 0 radical (unpaired) electrons. The Balaban J connectivity index is 1.66. The average Bonchev–Trinajstić information content (AvgIpc) is 3.28. The number of amides is 1. The summed E-state index contributed by atoms with van der Waals surface area (Å²) in [5, 5.41) is 14.3. The van der Waals surface area contributed by atoms with Crippen molar-refractivity contribution in [1.82, 2.24) is 24.6 Å². The van der Waals surface area contributed by atoms with Crippen molar-refractivity contribution in [1.29, 1.82) is 0 Å². The van der Waals surface area contributed by atoms with Gasteiger partial charge in [-0.15, -0.1) is 28.1 Å². The molecule has 3 heterocycles. The molecular weight excluding hydrogens is 372 g/mol. The summed E-state index contributed by atoms with van der Waals surface area (Å²) in [6, 6.07) is 0. The molecule has 1 aliphatic rings. The maximum Gasteiger partial charge on any atom is 0.239 e. The first-order chi connectivity index (χ1) is 12.7. The minimum Gasteiger partial charge on any atom is -0.379 e. The lowest BCUT2D eigenvalue weighted by atomic mass is 10.4. The SMILES string of the molecule is C=CCn1c(CN2CCOCC2)nnc1SC(C)C(=O)Nc1nccs1. The molecule has 1 amide bonds. The number of thioether (sulfide) groups is 1. The zero-order chi connectivity index (χ0) is 18.4. The summed E-state index contributed by atoms with van der Waals surface area (Å²) in [6.45, 7) is 10.2. The van der Waals surface area contributed by atoms with E-state index in [2.05, 4.69) is 32.0 Å². The van der Waals surface area contributed by atoms with E-state index in [1.165, 1.54) is 23.1 Å². The summed E-state index contributed by atoms with van der Waals surface area (Å²) in [4.78, 5) is 18.7. The number of ether oxygens (including phenoxy) is 1. The number of nitrogens with zero attached hydrogens (tertiary/aromatic N) is 5. The number of morpholine rings is 1. The second-order valence-corrected chi connectivity index (χ2v) is 7.98. The molecule has 140 valence electrons. The van der Waals surface area contributed by atoms with Crippen LogP contribution >= 0.6 is 23.1 Å². The van der Waals surface area contributed by atoms with E-state index in [-0.39, 0.29) is 11.2 Å². The zero-order valence-corrected chi connectivity index (χ0v) is 16.3. The van der Waals surface area contributed by atoms with Crippen LogP contribution < -0.4 is 5.32 Å². The van der Waals surface area contributed by atoms with E-state index in [4.69, 9.17) is 4.74 Å². The van der Waals surface area contributed by atoms with Crippen LogP contribution in [0.15, 0.2) is 29.4 Å². The molecule has 1 atom stereocenters. The molecule has 2 aromatic rings. The molecule has 26 heavy (non-hydrogen) atoms. The van der Waals surface area contributed by atoms with Crippen LogP contribution in [0.5, 0.6) is 0 Å². The van der Waals surface area contributed by atoms with E-state index in [9.17, 15) is 4.79 Å². The molecule has 1 aliphatic heterocycles. The third-order valence-corrected chi connectivity index (χ3v) is 5.66. The number of allylic oxidation sites excluding steroid dienone is 1. The summed E-state index contributed by atoms with van der Waals surface area (Å²) in [6.07, 6.45) is 3.48. The van der Waals surface area contributed by atoms with Crippen molar-refractivity contribution in [3.05, 3.63) is 30.1 Å². The van der Waals surface area contributed by atoms with Crippen molar-refractivity contribution in [2.45, 2.75) is 30.4 Å². The molecule has 1 fully saturated rings.